The smallest absolute Gasteiger partial charge is 0.390 e. The molecule has 0 spiro atoms. The highest BCUT2D eigenvalue weighted by Crippen LogP contribution is 2.25. The van der Waals surface area contributed by atoms with Crippen LogP contribution in [0.2, 0.25) is 0 Å². The van der Waals surface area contributed by atoms with Crippen molar-refractivity contribution in [1.29, 1.82) is 0 Å². The second-order valence-corrected chi connectivity index (χ2v) is 3.45. The zero-order valence-electron chi connectivity index (χ0n) is 8.69. The highest BCUT2D eigenvalue weighted by molar-refractivity contribution is 5.81. The Labute approximate surface area is 88.5 Å². The highest BCUT2D eigenvalue weighted by atomic mass is 16.4. The molecular formula is C10H15NO4. The van der Waals surface area contributed by atoms with Crippen LogP contribution in [-0.2, 0) is 9.59 Å². The van der Waals surface area contributed by atoms with E-state index < -0.39 is 17.5 Å². The van der Waals surface area contributed by atoms with Crippen molar-refractivity contribution in [2.24, 2.45) is 0 Å². The van der Waals surface area contributed by atoms with Gasteiger partial charge in [-0.25, -0.2) is 11.4 Å². The summed E-state index contributed by atoms with van der Waals surface area (Å²) in [6, 6.07) is 0. The number of nitrogens with zero attached hydrogens (tertiary/aromatic N) is 1. The van der Waals surface area contributed by atoms with Gasteiger partial charge in [0.15, 0.2) is 0 Å². The van der Waals surface area contributed by atoms with Gasteiger partial charge in [-0.2, -0.15) is 0 Å². The quantitative estimate of drug-likeness (QED) is 0.632. The van der Waals surface area contributed by atoms with Crippen LogP contribution >= 0.6 is 0 Å². The van der Waals surface area contributed by atoms with Crippen molar-refractivity contribution < 1.29 is 19.8 Å². The Morgan fingerprint density at radius 3 is 2.27 bits per heavy atom. The van der Waals surface area contributed by atoms with Gasteiger partial charge in [0, 0.05) is 19.3 Å². The molecule has 0 aliphatic heterocycles. The summed E-state index contributed by atoms with van der Waals surface area (Å²) in [6.07, 6.45) is 1.11. The fourth-order valence-electron chi connectivity index (χ4n) is 1.44. The van der Waals surface area contributed by atoms with Gasteiger partial charge < -0.3 is 10.2 Å². The normalized spacial score (nSPS) is 13.9. The third-order valence-electron chi connectivity index (χ3n) is 2.26. The molecule has 84 valence electrons. The summed E-state index contributed by atoms with van der Waals surface area (Å²) < 4.78 is 0. The predicted molar refractivity (Wildman–Crippen MR) is 53.4 cm³/mol. The summed E-state index contributed by atoms with van der Waals surface area (Å²) >= 11 is 0. The lowest BCUT2D eigenvalue weighted by Gasteiger charge is -2.15. The highest BCUT2D eigenvalue weighted by Gasteiger charge is 2.44. The van der Waals surface area contributed by atoms with E-state index in [1.54, 1.807) is 6.92 Å². The summed E-state index contributed by atoms with van der Waals surface area (Å²) in [5.74, 6) is -2.11. The van der Waals surface area contributed by atoms with Gasteiger partial charge in [-0.15, -0.1) is 0 Å². The van der Waals surface area contributed by atoms with Crippen LogP contribution in [0.15, 0.2) is 0 Å². The van der Waals surface area contributed by atoms with Crippen molar-refractivity contribution in [3.05, 3.63) is 11.4 Å². The Kier molecular flexibility index (Phi) is 5.39. The molecule has 0 bridgehead atoms. The molecule has 0 aromatic carbocycles. The molecule has 5 heteroatoms. The van der Waals surface area contributed by atoms with Gasteiger partial charge in [0.05, 0.1) is 0 Å². The van der Waals surface area contributed by atoms with E-state index in [0.29, 0.717) is 6.42 Å². The monoisotopic (exact) mass is 213 g/mol. The van der Waals surface area contributed by atoms with Crippen molar-refractivity contribution in [3.8, 4) is 0 Å². The van der Waals surface area contributed by atoms with E-state index in [0.717, 1.165) is 0 Å². The average molecular weight is 213 g/mol. The topological polar surface area (TPSA) is 79.0 Å². The van der Waals surface area contributed by atoms with Gasteiger partial charge in [-0.3, -0.25) is 9.64 Å². The average Bonchev–Trinajstić information content (AvgIpc) is 2.15. The summed E-state index contributed by atoms with van der Waals surface area (Å²) in [5.41, 5.74) is -1.43. The largest absolute Gasteiger partial charge is 0.481 e. The first-order chi connectivity index (χ1) is 6.98. The fraction of sp³-hybridized carbons (Fsp3) is 0.700. The minimum atomic E-state index is -1.43. The number of rotatable bonds is 7. The van der Waals surface area contributed by atoms with Crippen molar-refractivity contribution in [3.63, 3.8) is 0 Å². The maximum atomic E-state index is 11.0. The van der Waals surface area contributed by atoms with Crippen molar-refractivity contribution in [2.45, 2.75) is 44.6 Å². The minimum Gasteiger partial charge on any atom is -0.481 e. The second kappa shape index (κ2) is 6.02. The Morgan fingerprint density at radius 2 is 1.93 bits per heavy atom. The zero-order chi connectivity index (χ0) is 11.9. The number of carboxylic acid groups (broad SMARTS) is 2. The Morgan fingerprint density at radius 1 is 1.33 bits per heavy atom. The number of hydrogen-bond acceptors (Lipinski definition) is 2. The molecule has 0 fully saturated rings. The van der Waals surface area contributed by atoms with E-state index in [9.17, 15) is 9.59 Å². The lowest BCUT2D eigenvalue weighted by molar-refractivity contribution is -0.143. The van der Waals surface area contributed by atoms with E-state index in [2.05, 4.69) is 4.85 Å². The van der Waals surface area contributed by atoms with Crippen LogP contribution in [-0.4, -0.2) is 27.7 Å². The summed E-state index contributed by atoms with van der Waals surface area (Å²) in [7, 11) is 0. The molecule has 0 aromatic rings. The van der Waals surface area contributed by atoms with Crippen LogP contribution in [0, 0.1) is 6.57 Å². The third-order valence-corrected chi connectivity index (χ3v) is 2.26. The standard InChI is InChI=1S/C10H15NO4/c1-3-6-10(11-2,9(14)15)7-4-5-8(12)13/h3-7H2,1H3,(H,12,13)(H,14,15). The number of aliphatic carboxylic acids is 2. The molecule has 0 amide bonds. The summed E-state index contributed by atoms with van der Waals surface area (Å²) in [4.78, 5) is 24.4. The fourth-order valence-corrected chi connectivity index (χ4v) is 1.44. The molecule has 1 unspecified atom stereocenters. The van der Waals surface area contributed by atoms with Crippen molar-refractivity contribution in [2.75, 3.05) is 0 Å². The van der Waals surface area contributed by atoms with Crippen LogP contribution < -0.4 is 0 Å². The molecule has 1 atom stereocenters. The number of carboxylic acids is 2. The number of carbonyl (C=O) groups is 2. The molecule has 0 aromatic heterocycles. The first-order valence-corrected chi connectivity index (χ1v) is 4.82. The zero-order valence-corrected chi connectivity index (χ0v) is 8.69. The van der Waals surface area contributed by atoms with Crippen LogP contribution in [0.5, 0.6) is 0 Å². The van der Waals surface area contributed by atoms with Gasteiger partial charge in [0.25, 0.3) is 0 Å². The Bertz CT molecular complexity index is 282. The Balaban J connectivity index is 4.43. The van der Waals surface area contributed by atoms with Crippen molar-refractivity contribution in [1.82, 2.24) is 0 Å². The molecule has 0 rings (SSSR count). The summed E-state index contributed by atoms with van der Waals surface area (Å²) in [5, 5.41) is 17.4. The van der Waals surface area contributed by atoms with Gasteiger partial charge in [0.1, 0.15) is 0 Å². The molecular weight excluding hydrogens is 198 g/mol. The van der Waals surface area contributed by atoms with E-state index in [1.165, 1.54) is 0 Å². The Hall–Kier alpha value is -1.57. The van der Waals surface area contributed by atoms with Crippen molar-refractivity contribution >= 4 is 11.9 Å². The third kappa shape index (κ3) is 3.98. The second-order valence-electron chi connectivity index (χ2n) is 3.45. The van der Waals surface area contributed by atoms with Gasteiger partial charge >= 0.3 is 17.5 Å². The predicted octanol–water partition coefficient (Wildman–Crippen LogP) is 1.78. The molecule has 0 aliphatic rings. The molecule has 0 saturated heterocycles. The minimum absolute atomic E-state index is 0.0890. The first-order valence-electron chi connectivity index (χ1n) is 4.82. The molecule has 5 nitrogen and oxygen atoms in total. The van der Waals surface area contributed by atoms with Crippen LogP contribution in [0.1, 0.15) is 39.0 Å². The molecule has 0 saturated carbocycles. The van der Waals surface area contributed by atoms with E-state index in [-0.39, 0.29) is 25.7 Å². The van der Waals surface area contributed by atoms with E-state index in [1.807, 2.05) is 0 Å². The molecule has 2 N–H and O–H groups in total. The molecule has 0 aliphatic carbocycles. The molecule has 0 radical (unpaired) electrons. The maximum Gasteiger partial charge on any atom is 0.390 e. The first kappa shape index (κ1) is 13.4. The molecule has 15 heavy (non-hydrogen) atoms. The lowest BCUT2D eigenvalue weighted by atomic mass is 9.89. The summed E-state index contributed by atoms with van der Waals surface area (Å²) in [6.45, 7) is 8.73. The van der Waals surface area contributed by atoms with E-state index >= 15 is 0 Å². The van der Waals surface area contributed by atoms with Crippen LogP contribution in [0.4, 0.5) is 0 Å². The van der Waals surface area contributed by atoms with E-state index in [4.69, 9.17) is 16.8 Å². The lowest BCUT2D eigenvalue weighted by Crippen LogP contribution is -2.35. The van der Waals surface area contributed by atoms with Gasteiger partial charge in [-0.1, -0.05) is 6.92 Å². The van der Waals surface area contributed by atoms with Gasteiger partial charge in [-0.05, 0) is 12.8 Å². The number of hydrogen-bond donors (Lipinski definition) is 2. The van der Waals surface area contributed by atoms with Crippen LogP contribution in [0.3, 0.4) is 0 Å². The SMILES string of the molecule is [C-]#[N+]C(CCC)(CCCC(=O)O)C(=O)O. The maximum absolute atomic E-state index is 11.0. The molecule has 0 heterocycles. The van der Waals surface area contributed by atoms with Gasteiger partial charge in [0.2, 0.25) is 0 Å². The van der Waals surface area contributed by atoms with Crippen LogP contribution in [0.25, 0.3) is 4.85 Å².